The van der Waals surface area contributed by atoms with Gasteiger partial charge in [-0.25, -0.2) is 17.6 Å². The molecular weight excluding hydrogens is 445 g/mol. The summed E-state index contributed by atoms with van der Waals surface area (Å²) in [6.07, 6.45) is 2.39. The van der Waals surface area contributed by atoms with Crippen LogP contribution < -0.4 is 16.0 Å². The Labute approximate surface area is 185 Å². The topological polar surface area (TPSA) is 108 Å². The Morgan fingerprint density at radius 2 is 2.00 bits per heavy atom. The van der Waals surface area contributed by atoms with Crippen molar-refractivity contribution in [2.45, 2.75) is 31.1 Å². The van der Waals surface area contributed by atoms with Crippen LogP contribution in [0, 0.1) is 18.7 Å². The van der Waals surface area contributed by atoms with E-state index in [1.807, 2.05) is 0 Å². The maximum atomic E-state index is 13.7. The van der Waals surface area contributed by atoms with Gasteiger partial charge in [-0.1, -0.05) is 17.7 Å². The summed E-state index contributed by atoms with van der Waals surface area (Å²) in [6, 6.07) is 6.09. The largest absolute Gasteiger partial charge is 0.504 e. The van der Waals surface area contributed by atoms with E-state index >= 15 is 0 Å². The molecule has 1 fully saturated rings. The SMILES string of the molecule is Cc1c(F)cccc1NC(=O)Nc1ccc(Cl)c(S(=O)(=O)CCC2CCCNC2)c1O. The van der Waals surface area contributed by atoms with E-state index in [2.05, 4.69) is 16.0 Å². The number of rotatable bonds is 6. The first-order valence-electron chi connectivity index (χ1n) is 9.97. The Kier molecular flexibility index (Phi) is 7.40. The first-order chi connectivity index (χ1) is 14.7. The van der Waals surface area contributed by atoms with E-state index in [9.17, 15) is 22.7 Å². The van der Waals surface area contributed by atoms with Crippen molar-refractivity contribution in [2.75, 3.05) is 29.5 Å². The lowest BCUT2D eigenvalue weighted by atomic mass is 9.97. The van der Waals surface area contributed by atoms with Crippen molar-refractivity contribution in [2.24, 2.45) is 5.92 Å². The lowest BCUT2D eigenvalue weighted by Gasteiger charge is -2.22. The third kappa shape index (κ3) is 5.66. The Morgan fingerprint density at radius 1 is 1.26 bits per heavy atom. The second-order valence-corrected chi connectivity index (χ2v) is 10.0. The minimum absolute atomic E-state index is 0.117. The van der Waals surface area contributed by atoms with E-state index in [1.165, 1.54) is 37.3 Å². The fourth-order valence-corrected chi connectivity index (χ4v) is 5.68. The van der Waals surface area contributed by atoms with Gasteiger partial charge in [-0.05, 0) is 69.5 Å². The van der Waals surface area contributed by atoms with Crippen LogP contribution in [0.4, 0.5) is 20.6 Å². The van der Waals surface area contributed by atoms with Gasteiger partial charge in [0.1, 0.15) is 10.7 Å². The Hall–Kier alpha value is -2.36. The van der Waals surface area contributed by atoms with Crippen LogP contribution >= 0.6 is 11.6 Å². The van der Waals surface area contributed by atoms with Crippen molar-refractivity contribution in [1.82, 2.24) is 5.32 Å². The molecule has 1 atom stereocenters. The predicted molar refractivity (Wildman–Crippen MR) is 119 cm³/mol. The van der Waals surface area contributed by atoms with E-state index in [0.717, 1.165) is 25.9 Å². The number of hydrogen-bond donors (Lipinski definition) is 4. The molecule has 168 valence electrons. The molecule has 1 aliphatic heterocycles. The lowest BCUT2D eigenvalue weighted by molar-refractivity contribution is 0.262. The molecule has 2 amide bonds. The normalized spacial score (nSPS) is 16.7. The van der Waals surface area contributed by atoms with Crippen molar-refractivity contribution in [3.05, 3.63) is 46.7 Å². The molecule has 2 aromatic rings. The maximum Gasteiger partial charge on any atom is 0.323 e. The molecule has 1 saturated heterocycles. The molecule has 7 nitrogen and oxygen atoms in total. The van der Waals surface area contributed by atoms with Crippen LogP contribution in [0.25, 0.3) is 0 Å². The number of amides is 2. The number of sulfone groups is 1. The third-order valence-electron chi connectivity index (χ3n) is 5.35. The van der Waals surface area contributed by atoms with E-state index in [-0.39, 0.29) is 33.6 Å². The van der Waals surface area contributed by atoms with Gasteiger partial charge in [0.25, 0.3) is 0 Å². The van der Waals surface area contributed by atoms with Crippen molar-refractivity contribution < 1.29 is 22.7 Å². The van der Waals surface area contributed by atoms with Gasteiger partial charge in [0.15, 0.2) is 15.6 Å². The molecule has 1 unspecified atom stereocenters. The molecule has 0 spiro atoms. The molecule has 4 N–H and O–H groups in total. The average molecular weight is 470 g/mol. The highest BCUT2D eigenvalue weighted by molar-refractivity contribution is 7.91. The monoisotopic (exact) mass is 469 g/mol. The van der Waals surface area contributed by atoms with Gasteiger partial charge in [-0.2, -0.15) is 0 Å². The van der Waals surface area contributed by atoms with Crippen LogP contribution in [0.2, 0.25) is 5.02 Å². The zero-order valence-electron chi connectivity index (χ0n) is 17.0. The number of urea groups is 1. The fourth-order valence-electron chi connectivity index (χ4n) is 3.56. The Balaban J connectivity index is 1.76. The minimum atomic E-state index is -3.88. The highest BCUT2D eigenvalue weighted by atomic mass is 35.5. The standard InChI is InChI=1S/C21H25ClFN3O4S/c1-13-16(23)5-2-6-17(13)25-21(28)26-18-8-7-15(22)20(19(18)27)31(29,30)11-9-14-4-3-10-24-12-14/h2,5-8,14,24,27H,3-4,9-12H2,1H3,(H2,25,26,28). The van der Waals surface area contributed by atoms with Gasteiger partial charge < -0.3 is 21.1 Å². The van der Waals surface area contributed by atoms with Crippen LogP contribution in [0.15, 0.2) is 35.2 Å². The fraction of sp³-hybridized carbons (Fsp3) is 0.381. The number of halogens is 2. The van der Waals surface area contributed by atoms with Gasteiger partial charge in [-0.15, -0.1) is 0 Å². The second-order valence-electron chi connectivity index (χ2n) is 7.58. The van der Waals surface area contributed by atoms with Crippen molar-refractivity contribution in [3.8, 4) is 5.75 Å². The number of benzene rings is 2. The Morgan fingerprint density at radius 3 is 2.71 bits per heavy atom. The molecule has 10 heteroatoms. The first kappa shape index (κ1) is 23.3. The van der Waals surface area contributed by atoms with Crippen molar-refractivity contribution in [3.63, 3.8) is 0 Å². The molecule has 0 radical (unpaired) electrons. The third-order valence-corrected chi connectivity index (χ3v) is 7.59. The average Bonchev–Trinajstić information content (AvgIpc) is 2.73. The summed E-state index contributed by atoms with van der Waals surface area (Å²) in [7, 11) is -3.88. The molecule has 3 rings (SSSR count). The zero-order chi connectivity index (χ0) is 22.6. The molecule has 2 aromatic carbocycles. The number of phenolic OH excluding ortho intramolecular Hbond substituents is 1. The quantitative estimate of drug-likeness (QED) is 0.472. The molecule has 0 bridgehead atoms. The van der Waals surface area contributed by atoms with Crippen LogP contribution in [-0.2, 0) is 9.84 Å². The van der Waals surface area contributed by atoms with Crippen LogP contribution in [0.5, 0.6) is 5.75 Å². The number of aromatic hydroxyl groups is 1. The number of anilines is 2. The maximum absolute atomic E-state index is 13.7. The van der Waals surface area contributed by atoms with E-state index in [4.69, 9.17) is 11.6 Å². The van der Waals surface area contributed by atoms with Gasteiger partial charge >= 0.3 is 6.03 Å². The number of carbonyl (C=O) groups excluding carboxylic acids is 1. The van der Waals surface area contributed by atoms with Crippen molar-refractivity contribution >= 4 is 38.8 Å². The van der Waals surface area contributed by atoms with E-state index in [0.29, 0.717) is 6.42 Å². The summed E-state index contributed by atoms with van der Waals surface area (Å²) >= 11 is 6.09. The summed E-state index contributed by atoms with van der Waals surface area (Å²) in [6.45, 7) is 3.20. The second kappa shape index (κ2) is 9.84. The van der Waals surface area contributed by atoms with Gasteiger partial charge in [-0.3, -0.25) is 0 Å². The number of phenols is 1. The smallest absolute Gasteiger partial charge is 0.323 e. The summed E-state index contributed by atoms with van der Waals surface area (Å²) in [5, 5.41) is 18.6. The van der Waals surface area contributed by atoms with E-state index < -0.39 is 32.3 Å². The highest BCUT2D eigenvalue weighted by Crippen LogP contribution is 2.38. The van der Waals surface area contributed by atoms with Crippen molar-refractivity contribution in [1.29, 1.82) is 0 Å². The number of nitrogens with one attached hydrogen (secondary N) is 3. The van der Waals surface area contributed by atoms with Crippen LogP contribution in [0.1, 0.15) is 24.8 Å². The number of hydrogen-bond acceptors (Lipinski definition) is 5. The molecule has 0 aromatic heterocycles. The van der Waals surface area contributed by atoms with Crippen LogP contribution in [0.3, 0.4) is 0 Å². The first-order valence-corrected chi connectivity index (χ1v) is 12.0. The molecule has 31 heavy (non-hydrogen) atoms. The highest BCUT2D eigenvalue weighted by Gasteiger charge is 2.27. The molecule has 1 heterocycles. The summed E-state index contributed by atoms with van der Waals surface area (Å²) in [4.78, 5) is 11.9. The molecule has 1 aliphatic rings. The summed E-state index contributed by atoms with van der Waals surface area (Å²) < 4.78 is 39.4. The molecule has 0 saturated carbocycles. The van der Waals surface area contributed by atoms with E-state index in [1.54, 1.807) is 0 Å². The van der Waals surface area contributed by atoms with Crippen LogP contribution in [-0.4, -0.2) is 38.4 Å². The molecule has 0 aliphatic carbocycles. The summed E-state index contributed by atoms with van der Waals surface area (Å²) in [5.74, 6) is -1.02. The number of carbonyl (C=O) groups is 1. The molecular formula is C21H25ClFN3O4S. The Bertz CT molecular complexity index is 1070. The zero-order valence-corrected chi connectivity index (χ0v) is 18.6. The lowest BCUT2D eigenvalue weighted by Crippen LogP contribution is -2.30. The number of piperidine rings is 1. The summed E-state index contributed by atoms with van der Waals surface area (Å²) in [5.41, 5.74) is 0.382. The van der Waals surface area contributed by atoms with Gasteiger partial charge in [0.05, 0.1) is 16.5 Å². The minimum Gasteiger partial charge on any atom is -0.504 e. The predicted octanol–water partition coefficient (Wildman–Crippen LogP) is 4.30. The van der Waals surface area contributed by atoms with Gasteiger partial charge in [0.2, 0.25) is 0 Å². The van der Waals surface area contributed by atoms with Gasteiger partial charge in [0, 0.05) is 11.3 Å².